The maximum Gasteiger partial charge on any atom is 0.414 e. The van der Waals surface area contributed by atoms with Gasteiger partial charge >= 0.3 is 6.09 Å². The highest BCUT2D eigenvalue weighted by Gasteiger charge is 2.47. The first-order valence-electron chi connectivity index (χ1n) is 12.3. The van der Waals surface area contributed by atoms with Gasteiger partial charge < -0.3 is 14.0 Å². The van der Waals surface area contributed by atoms with Crippen LogP contribution in [-0.4, -0.2) is 56.0 Å². The number of piperidine rings is 3. The van der Waals surface area contributed by atoms with Gasteiger partial charge in [-0.1, -0.05) is 49.7 Å². The standard InChI is InChI=1S/C27H37N2O3/c1-2-3-17-28(24-11-6-4-7-12-24)27(30)32-26-22-29(19-15-23(26)16-20-29)18-10-21-31-25-13-8-5-9-14-25/h4-9,11-14,23,26H,2-3,10,15-22H2,1H3/q+1/t23?,26-,29?/m0/s1. The van der Waals surface area contributed by atoms with E-state index in [1.807, 2.05) is 65.6 Å². The SMILES string of the molecule is CCCCN(C(=O)O[C@H]1C[N+]2(CCCOc3ccccc3)CCC1CC2)c1ccccc1. The third kappa shape index (κ3) is 5.63. The van der Waals surface area contributed by atoms with Gasteiger partial charge in [0.15, 0.2) is 6.10 Å². The molecule has 3 aliphatic rings. The summed E-state index contributed by atoms with van der Waals surface area (Å²) in [5.41, 5.74) is 0.925. The average Bonchev–Trinajstić information content (AvgIpc) is 2.84. The molecule has 3 saturated heterocycles. The van der Waals surface area contributed by atoms with Gasteiger partial charge in [-0.3, -0.25) is 4.90 Å². The van der Waals surface area contributed by atoms with Crippen LogP contribution < -0.4 is 9.64 Å². The van der Waals surface area contributed by atoms with Crippen LogP contribution >= 0.6 is 0 Å². The lowest BCUT2D eigenvalue weighted by Gasteiger charge is -2.52. The van der Waals surface area contributed by atoms with Crippen LogP contribution in [0.15, 0.2) is 60.7 Å². The molecule has 0 unspecified atom stereocenters. The predicted octanol–water partition coefficient (Wildman–Crippen LogP) is 5.51. The smallest absolute Gasteiger partial charge is 0.414 e. The number of unbranched alkanes of at least 4 members (excludes halogenated alkanes) is 1. The normalized spacial score (nSPS) is 24.2. The lowest BCUT2D eigenvalue weighted by molar-refractivity contribution is -0.946. The minimum atomic E-state index is -0.186. The third-order valence-electron chi connectivity index (χ3n) is 7.11. The minimum Gasteiger partial charge on any atom is -0.493 e. The van der Waals surface area contributed by atoms with E-state index in [4.69, 9.17) is 9.47 Å². The molecule has 2 aromatic carbocycles. The molecule has 5 heteroatoms. The number of hydrogen-bond donors (Lipinski definition) is 0. The summed E-state index contributed by atoms with van der Waals surface area (Å²) < 4.78 is 13.1. The van der Waals surface area contributed by atoms with E-state index in [0.717, 1.165) is 67.7 Å². The lowest BCUT2D eigenvalue weighted by Crippen LogP contribution is -2.65. The van der Waals surface area contributed by atoms with E-state index in [0.29, 0.717) is 12.5 Å². The highest BCUT2D eigenvalue weighted by atomic mass is 16.6. The molecule has 0 aromatic heterocycles. The number of carbonyl (C=O) groups excluding carboxylic acids is 1. The molecule has 5 rings (SSSR count). The third-order valence-corrected chi connectivity index (χ3v) is 7.11. The second-order valence-corrected chi connectivity index (χ2v) is 9.31. The highest BCUT2D eigenvalue weighted by molar-refractivity contribution is 5.87. The van der Waals surface area contributed by atoms with Crippen LogP contribution in [0.4, 0.5) is 10.5 Å². The van der Waals surface area contributed by atoms with Crippen LogP contribution in [0.25, 0.3) is 0 Å². The Balaban J connectivity index is 1.33. The van der Waals surface area contributed by atoms with E-state index in [9.17, 15) is 4.79 Å². The molecule has 1 atom stereocenters. The summed E-state index contributed by atoms with van der Waals surface area (Å²) >= 11 is 0. The Kier molecular flexibility index (Phi) is 7.69. The van der Waals surface area contributed by atoms with Gasteiger partial charge in [-0.15, -0.1) is 0 Å². The maximum atomic E-state index is 13.2. The number of para-hydroxylation sites is 2. The van der Waals surface area contributed by atoms with Crippen LogP contribution in [0.5, 0.6) is 5.75 Å². The summed E-state index contributed by atoms with van der Waals surface area (Å²) in [6.07, 6.45) is 5.18. The molecule has 0 saturated carbocycles. The van der Waals surface area contributed by atoms with E-state index < -0.39 is 0 Å². The minimum absolute atomic E-state index is 0.0212. The molecule has 3 heterocycles. The Morgan fingerprint density at radius 3 is 2.38 bits per heavy atom. The van der Waals surface area contributed by atoms with Crippen molar-refractivity contribution in [2.45, 2.75) is 45.1 Å². The number of ether oxygens (including phenoxy) is 2. The molecular weight excluding hydrogens is 400 g/mol. The molecule has 3 aliphatic heterocycles. The number of anilines is 1. The number of nitrogens with zero attached hydrogens (tertiary/aromatic N) is 2. The van der Waals surface area contributed by atoms with Crippen LogP contribution in [0, 0.1) is 5.92 Å². The van der Waals surface area contributed by atoms with E-state index in [1.165, 1.54) is 13.1 Å². The van der Waals surface area contributed by atoms with Crippen LogP contribution in [0.3, 0.4) is 0 Å². The topological polar surface area (TPSA) is 38.8 Å². The largest absolute Gasteiger partial charge is 0.493 e. The van der Waals surface area contributed by atoms with Gasteiger partial charge in [-0.25, -0.2) is 4.79 Å². The summed E-state index contributed by atoms with van der Waals surface area (Å²) in [7, 11) is 0. The first kappa shape index (κ1) is 22.7. The zero-order chi connectivity index (χ0) is 22.2. The molecule has 2 aromatic rings. The van der Waals surface area contributed by atoms with Crippen LogP contribution in [-0.2, 0) is 4.74 Å². The molecular formula is C27H37N2O3+. The fourth-order valence-corrected chi connectivity index (χ4v) is 5.22. The van der Waals surface area contributed by atoms with Crippen molar-refractivity contribution < 1.29 is 18.8 Å². The summed E-state index contributed by atoms with van der Waals surface area (Å²) in [6.45, 7) is 8.01. The van der Waals surface area contributed by atoms with E-state index in [2.05, 4.69) is 6.92 Å². The Morgan fingerprint density at radius 2 is 1.69 bits per heavy atom. The number of quaternary nitrogens is 1. The number of amides is 1. The van der Waals surface area contributed by atoms with Gasteiger partial charge in [-0.2, -0.15) is 0 Å². The van der Waals surface area contributed by atoms with Gasteiger partial charge in [0.2, 0.25) is 0 Å². The van der Waals surface area contributed by atoms with E-state index in [-0.39, 0.29) is 12.2 Å². The van der Waals surface area contributed by atoms with E-state index in [1.54, 1.807) is 0 Å². The van der Waals surface area contributed by atoms with E-state index >= 15 is 0 Å². The van der Waals surface area contributed by atoms with Gasteiger partial charge in [0.05, 0.1) is 26.2 Å². The summed E-state index contributed by atoms with van der Waals surface area (Å²) in [5.74, 6) is 1.44. The molecule has 3 fully saturated rings. The van der Waals surface area contributed by atoms with Crippen molar-refractivity contribution >= 4 is 11.8 Å². The molecule has 5 nitrogen and oxygen atoms in total. The molecule has 1 amide bonds. The Bertz CT molecular complexity index is 834. The van der Waals surface area contributed by atoms with Crippen molar-refractivity contribution in [2.75, 3.05) is 44.2 Å². The Labute approximate surface area is 192 Å². The number of rotatable bonds is 10. The number of hydrogen-bond acceptors (Lipinski definition) is 3. The molecule has 0 radical (unpaired) electrons. The highest BCUT2D eigenvalue weighted by Crippen LogP contribution is 2.36. The van der Waals surface area contributed by atoms with Crippen molar-refractivity contribution in [3.8, 4) is 5.75 Å². The Hall–Kier alpha value is -2.53. The zero-order valence-electron chi connectivity index (χ0n) is 19.3. The monoisotopic (exact) mass is 437 g/mol. The number of fused-ring (bicyclic) bond motifs is 3. The predicted molar refractivity (Wildman–Crippen MR) is 128 cm³/mol. The van der Waals surface area contributed by atoms with Crippen LogP contribution in [0.2, 0.25) is 0 Å². The Morgan fingerprint density at radius 1 is 1.00 bits per heavy atom. The average molecular weight is 438 g/mol. The number of carbonyl (C=O) groups is 1. The van der Waals surface area contributed by atoms with Gasteiger partial charge in [0.25, 0.3) is 0 Å². The molecule has 32 heavy (non-hydrogen) atoms. The molecule has 2 bridgehead atoms. The van der Waals surface area contributed by atoms with Gasteiger partial charge in [0, 0.05) is 37.4 Å². The fourth-order valence-electron chi connectivity index (χ4n) is 5.22. The fraction of sp³-hybridized carbons (Fsp3) is 0.519. The van der Waals surface area contributed by atoms with Crippen molar-refractivity contribution in [3.05, 3.63) is 60.7 Å². The van der Waals surface area contributed by atoms with Crippen LogP contribution in [0.1, 0.15) is 39.0 Å². The molecule has 0 N–H and O–H groups in total. The summed E-state index contributed by atoms with van der Waals surface area (Å²) in [6, 6.07) is 20.0. The van der Waals surface area contributed by atoms with Crippen molar-refractivity contribution in [2.24, 2.45) is 5.92 Å². The van der Waals surface area contributed by atoms with Crippen molar-refractivity contribution in [1.29, 1.82) is 0 Å². The quantitative estimate of drug-likeness (QED) is 0.363. The molecule has 0 spiro atoms. The lowest BCUT2D eigenvalue weighted by atomic mass is 9.83. The molecule has 0 aliphatic carbocycles. The zero-order valence-corrected chi connectivity index (χ0v) is 19.3. The second kappa shape index (κ2) is 10.9. The summed E-state index contributed by atoms with van der Waals surface area (Å²) in [5, 5.41) is 0. The molecule has 172 valence electrons. The van der Waals surface area contributed by atoms with Crippen molar-refractivity contribution in [1.82, 2.24) is 0 Å². The first-order valence-corrected chi connectivity index (χ1v) is 12.3. The van der Waals surface area contributed by atoms with Gasteiger partial charge in [-0.05, 0) is 30.7 Å². The summed E-state index contributed by atoms with van der Waals surface area (Å²) in [4.78, 5) is 15.0. The maximum absolute atomic E-state index is 13.2. The van der Waals surface area contributed by atoms with Crippen molar-refractivity contribution in [3.63, 3.8) is 0 Å². The second-order valence-electron chi connectivity index (χ2n) is 9.31. The first-order chi connectivity index (χ1) is 15.7. The number of benzene rings is 2. The van der Waals surface area contributed by atoms with Gasteiger partial charge in [0.1, 0.15) is 12.3 Å².